The Morgan fingerprint density at radius 2 is 1.82 bits per heavy atom. The molecule has 0 spiro atoms. The minimum Gasteiger partial charge on any atom is -0.490 e. The van der Waals surface area contributed by atoms with Crippen LogP contribution in [0.2, 0.25) is 0 Å². The molecule has 172 valence electrons. The number of methoxy groups -OCH3 is 2. The van der Waals surface area contributed by atoms with E-state index < -0.39 is 6.16 Å². The Morgan fingerprint density at radius 1 is 1.00 bits per heavy atom. The van der Waals surface area contributed by atoms with E-state index in [0.717, 1.165) is 60.0 Å². The summed E-state index contributed by atoms with van der Waals surface area (Å²) < 4.78 is 21.4. The molecular formula is C24H25N3O5S. The molecule has 0 bridgehead atoms. The highest BCUT2D eigenvalue weighted by Crippen LogP contribution is 2.38. The smallest absolute Gasteiger partial charge is 0.490 e. The monoisotopic (exact) mass is 467 g/mol. The van der Waals surface area contributed by atoms with Crippen molar-refractivity contribution in [3.63, 3.8) is 0 Å². The lowest BCUT2D eigenvalue weighted by Crippen LogP contribution is -2.12. The number of hydrogen-bond donors (Lipinski definition) is 0. The van der Waals surface area contributed by atoms with Crippen LogP contribution in [0.5, 0.6) is 5.75 Å². The lowest BCUT2D eigenvalue weighted by Gasteiger charge is -2.11. The molecule has 0 fully saturated rings. The van der Waals surface area contributed by atoms with E-state index in [-0.39, 0.29) is 13.2 Å². The Bertz CT molecular complexity index is 1340. The van der Waals surface area contributed by atoms with Crippen LogP contribution in [0.3, 0.4) is 0 Å². The molecule has 2 heterocycles. The van der Waals surface area contributed by atoms with Gasteiger partial charge in [0.15, 0.2) is 0 Å². The Balaban J connectivity index is 1.70. The first-order valence-electron chi connectivity index (χ1n) is 10.4. The molecule has 0 atom stereocenters. The number of benzene rings is 2. The van der Waals surface area contributed by atoms with E-state index in [1.807, 2.05) is 32.9 Å². The molecule has 0 aliphatic carbocycles. The lowest BCUT2D eigenvalue weighted by molar-refractivity contribution is 0.0616. The minimum atomic E-state index is -0.725. The number of thiazole rings is 1. The molecule has 0 amide bonds. The molecule has 0 radical (unpaired) electrons. The van der Waals surface area contributed by atoms with Gasteiger partial charge in [-0.15, -0.1) is 11.3 Å². The maximum absolute atomic E-state index is 11.1. The number of aryl methyl sites for hydroxylation is 2. The van der Waals surface area contributed by atoms with Gasteiger partial charge in [-0.2, -0.15) is 0 Å². The predicted molar refractivity (Wildman–Crippen MR) is 127 cm³/mol. The summed E-state index contributed by atoms with van der Waals surface area (Å²) in [7, 11) is 2.91. The number of hydrogen-bond acceptors (Lipinski definition) is 9. The van der Waals surface area contributed by atoms with Crippen molar-refractivity contribution in [1.29, 1.82) is 0 Å². The summed E-state index contributed by atoms with van der Waals surface area (Å²) in [6, 6.07) is 6.10. The molecule has 8 nitrogen and oxygen atoms in total. The van der Waals surface area contributed by atoms with Gasteiger partial charge in [0.1, 0.15) is 24.0 Å². The average molecular weight is 468 g/mol. The third kappa shape index (κ3) is 4.74. The summed E-state index contributed by atoms with van der Waals surface area (Å²) >= 11 is 1.58. The highest BCUT2D eigenvalue weighted by molar-refractivity contribution is 7.21. The zero-order valence-corrected chi connectivity index (χ0v) is 20.0. The third-order valence-corrected chi connectivity index (χ3v) is 6.33. The average Bonchev–Trinajstić information content (AvgIpc) is 3.23. The van der Waals surface area contributed by atoms with Crippen LogP contribution in [0.25, 0.3) is 31.8 Å². The lowest BCUT2D eigenvalue weighted by atomic mass is 10.1. The van der Waals surface area contributed by atoms with Crippen molar-refractivity contribution < 1.29 is 23.7 Å². The van der Waals surface area contributed by atoms with Crippen LogP contribution in [0.15, 0.2) is 24.4 Å². The zero-order chi connectivity index (χ0) is 23.5. The van der Waals surface area contributed by atoms with Gasteiger partial charge in [0.2, 0.25) is 0 Å². The van der Waals surface area contributed by atoms with E-state index in [9.17, 15) is 4.79 Å². The number of nitrogens with zero attached hydrogens (tertiary/aromatic N) is 3. The zero-order valence-electron chi connectivity index (χ0n) is 19.2. The largest absolute Gasteiger partial charge is 0.508 e. The summed E-state index contributed by atoms with van der Waals surface area (Å²) in [4.78, 5) is 25.4. The second-order valence-corrected chi connectivity index (χ2v) is 8.65. The molecule has 2 aromatic carbocycles. The van der Waals surface area contributed by atoms with E-state index >= 15 is 0 Å². The molecule has 33 heavy (non-hydrogen) atoms. The first-order valence-corrected chi connectivity index (χ1v) is 11.2. The van der Waals surface area contributed by atoms with Crippen molar-refractivity contribution in [3.05, 3.63) is 46.8 Å². The van der Waals surface area contributed by atoms with Gasteiger partial charge >= 0.3 is 6.16 Å². The van der Waals surface area contributed by atoms with Gasteiger partial charge in [0.25, 0.3) is 0 Å². The predicted octanol–water partition coefficient (Wildman–Crippen LogP) is 5.14. The van der Waals surface area contributed by atoms with Crippen LogP contribution < -0.4 is 4.74 Å². The fourth-order valence-corrected chi connectivity index (χ4v) is 4.64. The van der Waals surface area contributed by atoms with Crippen LogP contribution in [-0.2, 0) is 20.8 Å². The van der Waals surface area contributed by atoms with Gasteiger partial charge in [-0.1, -0.05) is 0 Å². The fraction of sp³-hybridized carbons (Fsp3) is 0.333. The van der Waals surface area contributed by atoms with Gasteiger partial charge < -0.3 is 18.9 Å². The SMILES string of the molecule is COCc1cnc2c(-c3nc4c(C)c(C)c(OCCOC(=O)OC)cc4s3)cc(C)cc2n1. The quantitative estimate of drug-likeness (QED) is 0.272. The first kappa shape index (κ1) is 22.9. The molecule has 4 rings (SSSR count). The van der Waals surface area contributed by atoms with Gasteiger partial charge in [-0.3, -0.25) is 4.98 Å². The third-order valence-electron chi connectivity index (χ3n) is 5.29. The first-order chi connectivity index (χ1) is 15.9. The van der Waals surface area contributed by atoms with Gasteiger partial charge in [0.05, 0.1) is 46.9 Å². The van der Waals surface area contributed by atoms with Crippen molar-refractivity contribution in [2.24, 2.45) is 0 Å². The Kier molecular flexibility index (Phi) is 6.71. The summed E-state index contributed by atoms with van der Waals surface area (Å²) in [6.07, 6.45) is 1.02. The molecule has 0 aliphatic heterocycles. The van der Waals surface area contributed by atoms with E-state index in [0.29, 0.717) is 6.61 Å². The van der Waals surface area contributed by atoms with E-state index in [1.54, 1.807) is 24.6 Å². The van der Waals surface area contributed by atoms with Crippen LogP contribution in [0.1, 0.15) is 22.4 Å². The molecular weight excluding hydrogens is 442 g/mol. The standard InChI is InChI=1S/C24H25N3O5S/c1-13-8-17(22-18(9-13)26-16(11-25-22)12-29-4)23-27-21-15(3)14(2)19(10-20(21)33-23)31-6-7-32-24(28)30-5/h8-11H,6-7,12H2,1-5H3. The highest BCUT2D eigenvalue weighted by Gasteiger charge is 2.17. The molecule has 0 unspecified atom stereocenters. The maximum Gasteiger partial charge on any atom is 0.508 e. The van der Waals surface area contributed by atoms with Crippen LogP contribution in [0.4, 0.5) is 4.79 Å². The summed E-state index contributed by atoms with van der Waals surface area (Å²) in [5.41, 5.74) is 7.43. The van der Waals surface area contributed by atoms with Crippen LogP contribution in [-0.4, -0.2) is 48.5 Å². The van der Waals surface area contributed by atoms with E-state index in [4.69, 9.17) is 24.2 Å². The Morgan fingerprint density at radius 3 is 2.58 bits per heavy atom. The van der Waals surface area contributed by atoms with Crippen molar-refractivity contribution >= 4 is 38.7 Å². The van der Waals surface area contributed by atoms with E-state index in [1.165, 1.54) is 7.11 Å². The number of ether oxygens (including phenoxy) is 4. The number of carbonyl (C=O) groups is 1. The highest BCUT2D eigenvalue weighted by atomic mass is 32.1. The number of carbonyl (C=O) groups excluding carboxylic acids is 1. The topological polar surface area (TPSA) is 92.7 Å². The molecule has 0 aliphatic rings. The Labute approximate surface area is 195 Å². The summed E-state index contributed by atoms with van der Waals surface area (Å²) in [6.45, 7) is 6.82. The van der Waals surface area contributed by atoms with Crippen molar-refractivity contribution in [2.45, 2.75) is 27.4 Å². The van der Waals surface area contributed by atoms with Gasteiger partial charge in [-0.05, 0) is 55.7 Å². The molecule has 4 aromatic rings. The Hall–Kier alpha value is -3.30. The second-order valence-electron chi connectivity index (χ2n) is 7.62. The molecule has 2 aromatic heterocycles. The molecule has 9 heteroatoms. The molecule has 0 N–H and O–H groups in total. The van der Waals surface area contributed by atoms with E-state index in [2.05, 4.69) is 15.8 Å². The van der Waals surface area contributed by atoms with Gasteiger partial charge in [0, 0.05) is 12.7 Å². The molecule has 0 saturated heterocycles. The number of rotatable bonds is 7. The number of fused-ring (bicyclic) bond motifs is 2. The van der Waals surface area contributed by atoms with Crippen molar-refractivity contribution in [1.82, 2.24) is 15.0 Å². The van der Waals surface area contributed by atoms with Crippen LogP contribution in [0, 0.1) is 20.8 Å². The molecule has 0 saturated carbocycles. The normalized spacial score (nSPS) is 11.2. The number of aromatic nitrogens is 3. The fourth-order valence-electron chi connectivity index (χ4n) is 3.57. The van der Waals surface area contributed by atoms with Gasteiger partial charge in [-0.25, -0.2) is 14.8 Å². The maximum atomic E-state index is 11.1. The minimum absolute atomic E-state index is 0.107. The van der Waals surface area contributed by atoms with Crippen molar-refractivity contribution in [3.8, 4) is 16.3 Å². The second kappa shape index (κ2) is 9.68. The van der Waals surface area contributed by atoms with Crippen LogP contribution >= 0.6 is 11.3 Å². The summed E-state index contributed by atoms with van der Waals surface area (Å²) in [5, 5.41) is 0.876. The summed E-state index contributed by atoms with van der Waals surface area (Å²) in [5.74, 6) is 0.738. The van der Waals surface area contributed by atoms with Crippen molar-refractivity contribution in [2.75, 3.05) is 27.4 Å².